The Morgan fingerprint density at radius 1 is 1.17 bits per heavy atom. The molecule has 1 aliphatic rings. The molecule has 0 spiro atoms. The van der Waals surface area contributed by atoms with Crippen LogP contribution >= 0.6 is 15.9 Å². The minimum atomic E-state index is -0.770. The van der Waals surface area contributed by atoms with Gasteiger partial charge in [-0.25, -0.2) is 14.2 Å². The Morgan fingerprint density at radius 2 is 1.83 bits per heavy atom. The summed E-state index contributed by atoms with van der Waals surface area (Å²) >= 11 is 3.24. The van der Waals surface area contributed by atoms with Crippen LogP contribution < -0.4 is 9.64 Å². The van der Waals surface area contributed by atoms with Gasteiger partial charge in [0.15, 0.2) is 17.9 Å². The quantitative estimate of drug-likeness (QED) is 0.281. The summed E-state index contributed by atoms with van der Waals surface area (Å²) in [6.45, 7) is 7.64. The number of halogens is 2. The van der Waals surface area contributed by atoms with Crippen molar-refractivity contribution < 1.29 is 28.2 Å². The number of methoxy groups -OCH3 is 1. The minimum absolute atomic E-state index is 0.00685. The molecular formula is C26H32BrFN2O5. The largest absolute Gasteiger partial charge is 0.465 e. The van der Waals surface area contributed by atoms with Gasteiger partial charge in [0.2, 0.25) is 11.8 Å². The van der Waals surface area contributed by atoms with Crippen molar-refractivity contribution in [1.82, 2.24) is 4.98 Å². The Balaban J connectivity index is 0.00000210. The monoisotopic (exact) mass is 550 g/mol. The summed E-state index contributed by atoms with van der Waals surface area (Å²) in [5, 5.41) is 0. The van der Waals surface area contributed by atoms with Crippen molar-refractivity contribution in [2.45, 2.75) is 65.8 Å². The van der Waals surface area contributed by atoms with Crippen LogP contribution in [0.3, 0.4) is 0 Å². The zero-order chi connectivity index (χ0) is 26.1. The Morgan fingerprint density at radius 3 is 2.37 bits per heavy atom. The molecule has 35 heavy (non-hydrogen) atoms. The maximum absolute atomic E-state index is 15.2. The maximum atomic E-state index is 15.2. The Kier molecular flexibility index (Phi) is 10.8. The normalized spacial score (nSPS) is 13.5. The van der Waals surface area contributed by atoms with Crippen LogP contribution in [0.25, 0.3) is 0 Å². The summed E-state index contributed by atoms with van der Waals surface area (Å²) in [4.78, 5) is 42.4. The van der Waals surface area contributed by atoms with E-state index in [2.05, 4.69) is 20.9 Å². The molecule has 0 N–H and O–H groups in total. The zero-order valence-corrected chi connectivity index (χ0v) is 22.4. The van der Waals surface area contributed by atoms with Gasteiger partial charge in [-0.15, -0.1) is 0 Å². The highest BCUT2D eigenvalue weighted by atomic mass is 79.9. The molecule has 0 atom stereocenters. The number of ether oxygens (including phenoxy) is 2. The predicted molar refractivity (Wildman–Crippen MR) is 136 cm³/mol. The van der Waals surface area contributed by atoms with Crippen molar-refractivity contribution in [2.24, 2.45) is 5.92 Å². The molecule has 1 aromatic heterocycles. The molecule has 0 aliphatic heterocycles. The van der Waals surface area contributed by atoms with Gasteiger partial charge in [0.1, 0.15) is 0 Å². The van der Waals surface area contributed by atoms with Gasteiger partial charge in [0, 0.05) is 35.9 Å². The molecule has 2 aromatic rings. The first-order valence-electron chi connectivity index (χ1n) is 11.8. The fraction of sp³-hybridized carbons (Fsp3) is 0.462. The molecule has 0 bridgehead atoms. The smallest absolute Gasteiger partial charge is 0.340 e. The number of rotatable bonds is 7. The van der Waals surface area contributed by atoms with E-state index < -0.39 is 11.8 Å². The first-order chi connectivity index (χ1) is 16.8. The lowest BCUT2D eigenvalue weighted by Crippen LogP contribution is -2.42. The molecule has 1 fully saturated rings. The molecular weight excluding hydrogens is 519 g/mol. The van der Waals surface area contributed by atoms with E-state index in [1.165, 1.54) is 30.3 Å². The number of hydrogen-bond acceptors (Lipinski definition) is 6. The van der Waals surface area contributed by atoms with E-state index >= 15 is 4.39 Å². The number of nitrogens with zero attached hydrogens (tertiary/aromatic N) is 2. The summed E-state index contributed by atoms with van der Waals surface area (Å²) in [7, 11) is 1.22. The van der Waals surface area contributed by atoms with Crippen molar-refractivity contribution in [3.63, 3.8) is 0 Å². The third kappa shape index (κ3) is 6.87. The summed E-state index contributed by atoms with van der Waals surface area (Å²) in [6, 6.07) is 3.50. The molecule has 3 rings (SSSR count). The standard InChI is InChI=1S/C24H26BrFN2O5.C2H6/c1-14(2)28(23(30)16-7-5-4-6-8-16)20-11-19(26)21(10-17(20)24(31)32-3)33-22-18(25)9-15(13-29)12-27-22;1-2/h9-14,16H,4-8H2,1-3H3;1-2H3. The average molecular weight is 551 g/mol. The van der Waals surface area contributed by atoms with Gasteiger partial charge in [0.05, 0.1) is 22.8 Å². The zero-order valence-electron chi connectivity index (χ0n) is 20.8. The number of benzene rings is 1. The molecule has 7 nitrogen and oxygen atoms in total. The lowest BCUT2D eigenvalue weighted by atomic mass is 9.87. The minimum Gasteiger partial charge on any atom is -0.465 e. The maximum Gasteiger partial charge on any atom is 0.340 e. The SMILES string of the molecule is CC.COC(=O)c1cc(Oc2ncc(C=O)cc2Br)c(F)cc1N(C(=O)C1CCCCC1)C(C)C. The molecule has 0 unspecified atom stereocenters. The van der Waals surface area contributed by atoms with E-state index in [-0.39, 0.29) is 40.7 Å². The second kappa shape index (κ2) is 13.3. The van der Waals surface area contributed by atoms with Crippen LogP contribution in [0.2, 0.25) is 0 Å². The van der Waals surface area contributed by atoms with Gasteiger partial charge in [-0.2, -0.15) is 0 Å². The number of aromatic nitrogens is 1. The van der Waals surface area contributed by atoms with E-state index in [4.69, 9.17) is 9.47 Å². The van der Waals surface area contributed by atoms with Gasteiger partial charge in [0.25, 0.3) is 0 Å². The van der Waals surface area contributed by atoms with Crippen molar-refractivity contribution in [2.75, 3.05) is 12.0 Å². The second-order valence-corrected chi connectivity index (χ2v) is 9.06. The number of amides is 1. The lowest BCUT2D eigenvalue weighted by Gasteiger charge is -2.33. The molecule has 9 heteroatoms. The van der Waals surface area contributed by atoms with E-state index in [0.29, 0.717) is 16.3 Å². The summed E-state index contributed by atoms with van der Waals surface area (Å²) in [6.07, 6.45) is 6.48. The van der Waals surface area contributed by atoms with E-state index in [9.17, 15) is 14.4 Å². The van der Waals surface area contributed by atoms with E-state index in [1.54, 1.807) is 0 Å². The lowest BCUT2D eigenvalue weighted by molar-refractivity contribution is -0.123. The number of esters is 1. The van der Waals surface area contributed by atoms with Crippen LogP contribution in [0.15, 0.2) is 28.9 Å². The van der Waals surface area contributed by atoms with Crippen LogP contribution in [0, 0.1) is 11.7 Å². The molecule has 1 aromatic carbocycles. The Bertz CT molecular complexity index is 1050. The highest BCUT2D eigenvalue weighted by molar-refractivity contribution is 9.10. The highest BCUT2D eigenvalue weighted by Crippen LogP contribution is 2.36. The number of anilines is 1. The first kappa shape index (κ1) is 28.4. The summed E-state index contributed by atoms with van der Waals surface area (Å²) < 4.78 is 26.0. The fourth-order valence-electron chi connectivity index (χ4n) is 3.98. The highest BCUT2D eigenvalue weighted by Gasteiger charge is 2.32. The molecule has 1 aliphatic carbocycles. The van der Waals surface area contributed by atoms with Gasteiger partial charge < -0.3 is 14.4 Å². The second-order valence-electron chi connectivity index (χ2n) is 8.20. The number of aldehydes is 1. The number of carbonyl (C=O) groups excluding carboxylic acids is 3. The van der Waals surface area contributed by atoms with Gasteiger partial charge in [-0.1, -0.05) is 33.1 Å². The van der Waals surface area contributed by atoms with Crippen molar-refractivity contribution in [3.05, 3.63) is 45.8 Å². The number of carbonyl (C=O) groups is 3. The third-order valence-corrected chi connectivity index (χ3v) is 6.16. The molecule has 1 heterocycles. The number of hydrogen-bond donors (Lipinski definition) is 0. The van der Waals surface area contributed by atoms with Crippen LogP contribution in [0.4, 0.5) is 10.1 Å². The Hall–Kier alpha value is -2.81. The average Bonchev–Trinajstić information content (AvgIpc) is 2.87. The first-order valence-corrected chi connectivity index (χ1v) is 12.6. The Labute approximate surface area is 214 Å². The third-order valence-electron chi connectivity index (χ3n) is 5.59. The fourth-order valence-corrected chi connectivity index (χ4v) is 4.42. The molecule has 0 radical (unpaired) electrons. The van der Waals surface area contributed by atoms with E-state index in [0.717, 1.165) is 38.2 Å². The molecule has 1 saturated carbocycles. The van der Waals surface area contributed by atoms with Gasteiger partial charge >= 0.3 is 5.97 Å². The van der Waals surface area contributed by atoms with Crippen molar-refractivity contribution >= 4 is 39.8 Å². The van der Waals surface area contributed by atoms with Crippen LogP contribution in [-0.2, 0) is 9.53 Å². The summed E-state index contributed by atoms with van der Waals surface area (Å²) in [5.41, 5.74) is 0.460. The molecule has 190 valence electrons. The van der Waals surface area contributed by atoms with Crippen LogP contribution in [-0.4, -0.2) is 36.3 Å². The van der Waals surface area contributed by atoms with Gasteiger partial charge in [-0.05, 0) is 48.7 Å². The molecule has 1 amide bonds. The van der Waals surface area contributed by atoms with Crippen LogP contribution in [0.1, 0.15) is 80.5 Å². The molecule has 0 saturated heterocycles. The predicted octanol–water partition coefficient (Wildman–Crippen LogP) is 6.72. The van der Waals surface area contributed by atoms with Crippen LogP contribution in [0.5, 0.6) is 11.6 Å². The van der Waals surface area contributed by atoms with Crippen molar-refractivity contribution in [3.8, 4) is 11.6 Å². The topological polar surface area (TPSA) is 85.8 Å². The number of pyridine rings is 1. The van der Waals surface area contributed by atoms with E-state index in [1.807, 2.05) is 27.7 Å². The van der Waals surface area contributed by atoms with Gasteiger partial charge in [-0.3, -0.25) is 9.59 Å². The van der Waals surface area contributed by atoms with Crippen molar-refractivity contribution in [1.29, 1.82) is 0 Å². The summed E-state index contributed by atoms with van der Waals surface area (Å²) in [5.74, 6) is -2.03.